The second kappa shape index (κ2) is 5.21. The standard InChI is InChI=1S/C15H13FN2O2/c16-11-3-4-13-10(8-17-14(13)7-11)6-15(19)18-9-12-2-1-5-20-12/h1-5,7-8,17H,6,9H2,(H,18,19). The second-order valence-corrected chi connectivity index (χ2v) is 4.54. The monoisotopic (exact) mass is 272 g/mol. The van der Waals surface area contributed by atoms with E-state index in [2.05, 4.69) is 10.3 Å². The van der Waals surface area contributed by atoms with Gasteiger partial charge in [-0.1, -0.05) is 0 Å². The summed E-state index contributed by atoms with van der Waals surface area (Å²) in [7, 11) is 0. The van der Waals surface area contributed by atoms with Crippen molar-refractivity contribution >= 4 is 16.8 Å². The van der Waals surface area contributed by atoms with Crippen LogP contribution in [0.1, 0.15) is 11.3 Å². The maximum atomic E-state index is 13.1. The molecule has 2 N–H and O–H groups in total. The zero-order valence-corrected chi connectivity index (χ0v) is 10.7. The number of aromatic amines is 1. The average Bonchev–Trinajstić information content (AvgIpc) is 3.06. The van der Waals surface area contributed by atoms with E-state index >= 15 is 0 Å². The summed E-state index contributed by atoms with van der Waals surface area (Å²) in [5.74, 6) is 0.305. The lowest BCUT2D eigenvalue weighted by molar-refractivity contribution is -0.120. The fourth-order valence-corrected chi connectivity index (χ4v) is 2.14. The maximum Gasteiger partial charge on any atom is 0.224 e. The Hall–Kier alpha value is -2.56. The molecule has 2 heterocycles. The Bertz CT molecular complexity index is 732. The molecule has 2 aromatic heterocycles. The van der Waals surface area contributed by atoms with E-state index in [0.29, 0.717) is 17.8 Å². The summed E-state index contributed by atoms with van der Waals surface area (Å²) >= 11 is 0. The van der Waals surface area contributed by atoms with Crippen LogP contribution in [0.2, 0.25) is 0 Å². The number of hydrogen-bond acceptors (Lipinski definition) is 2. The Morgan fingerprint density at radius 1 is 1.35 bits per heavy atom. The summed E-state index contributed by atoms with van der Waals surface area (Å²) < 4.78 is 18.2. The molecule has 0 fully saturated rings. The van der Waals surface area contributed by atoms with Crippen LogP contribution < -0.4 is 5.32 Å². The summed E-state index contributed by atoms with van der Waals surface area (Å²) in [5, 5.41) is 3.64. The van der Waals surface area contributed by atoms with E-state index in [9.17, 15) is 9.18 Å². The SMILES string of the molecule is O=C(Cc1c[nH]c2cc(F)ccc12)NCc1ccco1. The maximum absolute atomic E-state index is 13.1. The third-order valence-electron chi connectivity index (χ3n) is 3.12. The Balaban J connectivity index is 1.68. The van der Waals surface area contributed by atoms with Gasteiger partial charge in [-0.15, -0.1) is 0 Å². The summed E-state index contributed by atoms with van der Waals surface area (Å²) in [6.45, 7) is 0.364. The van der Waals surface area contributed by atoms with Gasteiger partial charge in [-0.3, -0.25) is 4.79 Å². The molecule has 0 atom stereocenters. The largest absolute Gasteiger partial charge is 0.467 e. The number of aromatic nitrogens is 1. The Morgan fingerprint density at radius 2 is 2.25 bits per heavy atom. The van der Waals surface area contributed by atoms with Crippen LogP contribution in [-0.2, 0) is 17.8 Å². The predicted molar refractivity (Wildman–Crippen MR) is 72.5 cm³/mol. The van der Waals surface area contributed by atoms with E-state index in [0.717, 1.165) is 10.9 Å². The van der Waals surface area contributed by atoms with Crippen molar-refractivity contribution in [3.63, 3.8) is 0 Å². The minimum atomic E-state index is -0.298. The smallest absolute Gasteiger partial charge is 0.224 e. The lowest BCUT2D eigenvalue weighted by Gasteiger charge is -2.02. The molecule has 1 amide bonds. The van der Waals surface area contributed by atoms with Crippen LogP contribution >= 0.6 is 0 Å². The molecule has 0 unspecified atom stereocenters. The molecule has 0 saturated carbocycles. The van der Waals surface area contributed by atoms with Gasteiger partial charge in [-0.05, 0) is 35.9 Å². The number of carbonyl (C=O) groups is 1. The van der Waals surface area contributed by atoms with Crippen molar-refractivity contribution in [3.8, 4) is 0 Å². The Kier molecular flexibility index (Phi) is 3.25. The summed E-state index contributed by atoms with van der Waals surface area (Å²) in [4.78, 5) is 14.8. The van der Waals surface area contributed by atoms with Crippen LogP contribution in [0.25, 0.3) is 10.9 Å². The number of H-pyrrole nitrogens is 1. The number of benzene rings is 1. The van der Waals surface area contributed by atoms with Crippen molar-refractivity contribution in [2.45, 2.75) is 13.0 Å². The van der Waals surface area contributed by atoms with E-state index in [1.54, 1.807) is 30.7 Å². The second-order valence-electron chi connectivity index (χ2n) is 4.54. The molecule has 20 heavy (non-hydrogen) atoms. The quantitative estimate of drug-likeness (QED) is 0.767. The van der Waals surface area contributed by atoms with Gasteiger partial charge in [0.25, 0.3) is 0 Å². The Labute approximate surface area is 114 Å². The first-order valence-corrected chi connectivity index (χ1v) is 6.27. The molecular formula is C15H13FN2O2. The first-order valence-electron chi connectivity index (χ1n) is 6.27. The van der Waals surface area contributed by atoms with Crippen molar-refractivity contribution in [1.82, 2.24) is 10.3 Å². The van der Waals surface area contributed by atoms with Gasteiger partial charge in [0, 0.05) is 17.1 Å². The molecule has 0 aliphatic carbocycles. The Morgan fingerprint density at radius 3 is 3.05 bits per heavy atom. The summed E-state index contributed by atoms with van der Waals surface area (Å²) in [6.07, 6.45) is 3.54. The molecule has 0 radical (unpaired) electrons. The zero-order chi connectivity index (χ0) is 13.9. The van der Waals surface area contributed by atoms with Crippen molar-refractivity contribution in [1.29, 1.82) is 0 Å². The molecule has 3 rings (SSSR count). The number of hydrogen-bond donors (Lipinski definition) is 2. The van der Waals surface area contributed by atoms with Crippen molar-refractivity contribution < 1.29 is 13.6 Å². The molecule has 1 aromatic carbocycles. The molecule has 4 nitrogen and oxygen atoms in total. The number of fused-ring (bicyclic) bond motifs is 1. The van der Waals surface area contributed by atoms with Crippen LogP contribution in [0.3, 0.4) is 0 Å². The van der Waals surface area contributed by atoms with E-state index in [1.165, 1.54) is 12.1 Å². The van der Waals surface area contributed by atoms with E-state index in [-0.39, 0.29) is 18.1 Å². The normalized spacial score (nSPS) is 10.8. The van der Waals surface area contributed by atoms with Gasteiger partial charge in [0.2, 0.25) is 5.91 Å². The van der Waals surface area contributed by atoms with Crippen LogP contribution in [0, 0.1) is 5.82 Å². The highest BCUT2D eigenvalue weighted by Gasteiger charge is 2.09. The lowest BCUT2D eigenvalue weighted by atomic mass is 10.1. The average molecular weight is 272 g/mol. The minimum absolute atomic E-state index is 0.105. The molecular weight excluding hydrogens is 259 g/mol. The number of carbonyl (C=O) groups excluding carboxylic acids is 1. The highest BCUT2D eigenvalue weighted by atomic mass is 19.1. The highest BCUT2D eigenvalue weighted by molar-refractivity contribution is 5.88. The molecule has 102 valence electrons. The molecule has 3 aromatic rings. The lowest BCUT2D eigenvalue weighted by Crippen LogP contribution is -2.24. The molecule has 0 spiro atoms. The number of halogens is 1. The topological polar surface area (TPSA) is 58.0 Å². The van der Waals surface area contributed by atoms with E-state index < -0.39 is 0 Å². The third-order valence-corrected chi connectivity index (χ3v) is 3.12. The summed E-state index contributed by atoms with van der Waals surface area (Å²) in [6, 6.07) is 8.06. The number of amides is 1. The van der Waals surface area contributed by atoms with E-state index in [4.69, 9.17) is 4.42 Å². The first-order chi connectivity index (χ1) is 9.72. The van der Waals surface area contributed by atoms with Crippen molar-refractivity contribution in [2.24, 2.45) is 0 Å². The fraction of sp³-hybridized carbons (Fsp3) is 0.133. The third kappa shape index (κ3) is 2.56. The van der Waals surface area contributed by atoms with Gasteiger partial charge >= 0.3 is 0 Å². The molecule has 5 heteroatoms. The molecule has 0 aliphatic heterocycles. The zero-order valence-electron chi connectivity index (χ0n) is 10.7. The number of rotatable bonds is 4. The number of furan rings is 1. The predicted octanol–water partition coefficient (Wildman–Crippen LogP) is 2.76. The summed E-state index contributed by atoms with van der Waals surface area (Å²) in [5.41, 5.74) is 1.54. The molecule has 0 saturated heterocycles. The first kappa shape index (κ1) is 12.5. The molecule has 0 aliphatic rings. The van der Waals surface area contributed by atoms with Crippen molar-refractivity contribution in [2.75, 3.05) is 0 Å². The van der Waals surface area contributed by atoms with Crippen LogP contribution in [0.4, 0.5) is 4.39 Å². The van der Waals surface area contributed by atoms with E-state index in [1.807, 2.05) is 0 Å². The minimum Gasteiger partial charge on any atom is -0.467 e. The van der Waals surface area contributed by atoms with Gasteiger partial charge in [0.1, 0.15) is 11.6 Å². The van der Waals surface area contributed by atoms with Crippen LogP contribution in [0.5, 0.6) is 0 Å². The fourth-order valence-electron chi connectivity index (χ4n) is 2.14. The van der Waals surface area contributed by atoms with Gasteiger partial charge in [0.05, 0.1) is 19.2 Å². The van der Waals surface area contributed by atoms with Crippen molar-refractivity contribution in [3.05, 3.63) is 59.9 Å². The highest BCUT2D eigenvalue weighted by Crippen LogP contribution is 2.19. The van der Waals surface area contributed by atoms with Crippen LogP contribution in [0.15, 0.2) is 47.2 Å². The molecule has 0 bridgehead atoms. The van der Waals surface area contributed by atoms with Gasteiger partial charge < -0.3 is 14.7 Å². The van der Waals surface area contributed by atoms with Gasteiger partial charge in [-0.2, -0.15) is 0 Å². The van der Waals surface area contributed by atoms with Gasteiger partial charge in [-0.25, -0.2) is 4.39 Å². The number of nitrogens with one attached hydrogen (secondary N) is 2. The van der Waals surface area contributed by atoms with Gasteiger partial charge in [0.15, 0.2) is 0 Å². The van der Waals surface area contributed by atoms with Crippen LogP contribution in [-0.4, -0.2) is 10.9 Å².